The van der Waals surface area contributed by atoms with Crippen molar-refractivity contribution in [3.8, 4) is 84.4 Å². The summed E-state index contributed by atoms with van der Waals surface area (Å²) in [6.07, 6.45) is 0. The third-order valence-corrected chi connectivity index (χ3v) is 11.1. The molecule has 1 atom stereocenters. The lowest BCUT2D eigenvalue weighted by atomic mass is 9.77. The van der Waals surface area contributed by atoms with Crippen LogP contribution >= 0.6 is 0 Å². The van der Waals surface area contributed by atoms with E-state index in [1.165, 1.54) is 16.7 Å². The maximum atomic E-state index is 7.23. The van der Waals surface area contributed by atoms with Crippen LogP contribution in [0.3, 0.4) is 0 Å². The normalized spacial score (nSPS) is 14.6. The van der Waals surface area contributed by atoms with E-state index in [1.54, 1.807) is 0 Å². The third-order valence-electron chi connectivity index (χ3n) is 11.1. The van der Waals surface area contributed by atoms with E-state index in [1.807, 2.05) is 36.4 Å². The minimum atomic E-state index is -0.778. The zero-order valence-electron chi connectivity index (χ0n) is 30.3. The molecule has 0 radical (unpaired) electrons. The number of nitrogens with zero attached hydrogens (tertiary/aromatic N) is 3. The number of fused-ring (bicyclic) bond motifs is 9. The van der Waals surface area contributed by atoms with Crippen molar-refractivity contribution in [1.82, 2.24) is 15.0 Å². The molecule has 1 aliphatic carbocycles. The largest absolute Gasteiger partial charge is 0.472 e. The number of ether oxygens (including phenoxy) is 1. The first-order chi connectivity index (χ1) is 27.7. The lowest BCUT2D eigenvalue weighted by molar-refractivity contribution is 0.157. The zero-order chi connectivity index (χ0) is 37.1. The maximum absolute atomic E-state index is 7.23. The molecule has 1 aromatic heterocycles. The molecule has 11 rings (SSSR count). The molecule has 0 fully saturated rings. The maximum Gasteiger partial charge on any atom is 0.186 e. The standard InChI is InChI=1S/C52H33N3O/c1-3-15-34(16-4-1)38-19-13-20-39(33-38)51-54-49(36-17-5-2-6-18-36)53-50(55-51)37-31-29-35(30-32-37)40-24-14-27-46-48(40)43-23-8-11-26-45(43)52(46)44-25-10-7-21-41(44)42-22-9-12-28-47(42)56-52/h1-33H. The predicted molar refractivity (Wildman–Crippen MR) is 225 cm³/mol. The highest BCUT2D eigenvalue weighted by Crippen LogP contribution is 2.60. The molecular formula is C52H33N3O. The number of rotatable bonds is 5. The molecule has 56 heavy (non-hydrogen) atoms. The van der Waals surface area contributed by atoms with Crippen LogP contribution in [0.4, 0.5) is 0 Å². The van der Waals surface area contributed by atoms with E-state index in [4.69, 9.17) is 19.7 Å². The molecule has 0 bridgehead atoms. The lowest BCUT2D eigenvalue weighted by Crippen LogP contribution is -2.36. The molecule has 1 unspecified atom stereocenters. The average Bonchev–Trinajstić information content (AvgIpc) is 3.56. The Morgan fingerprint density at radius 2 is 0.768 bits per heavy atom. The topological polar surface area (TPSA) is 47.9 Å². The molecule has 9 aromatic rings. The van der Waals surface area contributed by atoms with E-state index >= 15 is 0 Å². The van der Waals surface area contributed by atoms with E-state index in [0.29, 0.717) is 17.5 Å². The van der Waals surface area contributed by atoms with E-state index < -0.39 is 5.60 Å². The highest BCUT2D eigenvalue weighted by atomic mass is 16.5. The fraction of sp³-hybridized carbons (Fsp3) is 0.0192. The van der Waals surface area contributed by atoms with Gasteiger partial charge in [-0.25, -0.2) is 15.0 Å². The van der Waals surface area contributed by atoms with Gasteiger partial charge in [0.15, 0.2) is 23.1 Å². The SMILES string of the molecule is c1ccc(-c2cccc(-c3nc(-c4ccccc4)nc(-c4ccc(-c5cccc6c5-c5ccccc5C65Oc6ccccc6-c6ccccc65)cc4)n3)c2)cc1. The van der Waals surface area contributed by atoms with E-state index in [9.17, 15) is 0 Å². The van der Waals surface area contributed by atoms with Crippen molar-refractivity contribution in [3.05, 3.63) is 217 Å². The summed E-state index contributed by atoms with van der Waals surface area (Å²) in [5.74, 6) is 2.78. The van der Waals surface area contributed by atoms with Gasteiger partial charge in [-0.2, -0.15) is 0 Å². The fourth-order valence-electron chi connectivity index (χ4n) is 8.57. The molecule has 2 aliphatic rings. The fourth-order valence-corrected chi connectivity index (χ4v) is 8.57. The molecule has 1 spiro atoms. The number of benzene rings is 8. The number of hydrogen-bond donors (Lipinski definition) is 0. The Kier molecular flexibility index (Phi) is 7.36. The summed E-state index contributed by atoms with van der Waals surface area (Å²) >= 11 is 0. The molecule has 4 heteroatoms. The Balaban J connectivity index is 1.03. The van der Waals surface area contributed by atoms with Gasteiger partial charge in [0.1, 0.15) is 5.75 Å². The van der Waals surface area contributed by atoms with Gasteiger partial charge in [-0.3, -0.25) is 0 Å². The second-order valence-electron chi connectivity index (χ2n) is 14.3. The van der Waals surface area contributed by atoms with Crippen LogP contribution in [0.5, 0.6) is 5.75 Å². The Morgan fingerprint density at radius 1 is 0.304 bits per heavy atom. The first-order valence-electron chi connectivity index (χ1n) is 18.9. The molecule has 8 aromatic carbocycles. The van der Waals surface area contributed by atoms with Crippen LogP contribution < -0.4 is 4.74 Å². The summed E-state index contributed by atoms with van der Waals surface area (Å²) in [6.45, 7) is 0. The number of aromatic nitrogens is 3. The number of hydrogen-bond acceptors (Lipinski definition) is 4. The van der Waals surface area contributed by atoms with Crippen LogP contribution in [0.2, 0.25) is 0 Å². The molecule has 4 nitrogen and oxygen atoms in total. The molecule has 2 heterocycles. The summed E-state index contributed by atoms with van der Waals surface area (Å²) in [7, 11) is 0. The Hall–Kier alpha value is -7.43. The molecule has 0 N–H and O–H groups in total. The quantitative estimate of drug-likeness (QED) is 0.178. The third kappa shape index (κ3) is 5.04. The van der Waals surface area contributed by atoms with Crippen molar-refractivity contribution in [1.29, 1.82) is 0 Å². The van der Waals surface area contributed by atoms with Crippen molar-refractivity contribution in [3.63, 3.8) is 0 Å². The van der Waals surface area contributed by atoms with Gasteiger partial charge in [-0.15, -0.1) is 0 Å². The Labute approximate surface area is 325 Å². The molecule has 0 saturated heterocycles. The smallest absolute Gasteiger partial charge is 0.186 e. The molecular weight excluding hydrogens is 683 g/mol. The van der Waals surface area contributed by atoms with Gasteiger partial charge >= 0.3 is 0 Å². The Bertz CT molecular complexity index is 2940. The van der Waals surface area contributed by atoms with Crippen LogP contribution in [0.1, 0.15) is 16.7 Å². The van der Waals surface area contributed by atoms with Gasteiger partial charge < -0.3 is 4.74 Å². The van der Waals surface area contributed by atoms with E-state index in [0.717, 1.165) is 66.9 Å². The van der Waals surface area contributed by atoms with Crippen LogP contribution in [-0.2, 0) is 5.60 Å². The minimum absolute atomic E-state index is 0.624. The van der Waals surface area contributed by atoms with Crippen LogP contribution in [0, 0.1) is 0 Å². The van der Waals surface area contributed by atoms with Crippen molar-refractivity contribution < 1.29 is 4.74 Å². The van der Waals surface area contributed by atoms with Gasteiger partial charge in [0, 0.05) is 38.9 Å². The lowest BCUT2D eigenvalue weighted by Gasteiger charge is -2.39. The summed E-state index contributed by atoms with van der Waals surface area (Å²) in [5.41, 5.74) is 14.7. The van der Waals surface area contributed by atoms with Crippen molar-refractivity contribution in [2.75, 3.05) is 0 Å². The first-order valence-corrected chi connectivity index (χ1v) is 18.9. The van der Waals surface area contributed by atoms with Crippen LogP contribution in [0.15, 0.2) is 200 Å². The van der Waals surface area contributed by atoms with Gasteiger partial charge in [-0.05, 0) is 51.1 Å². The predicted octanol–water partition coefficient (Wildman–Crippen LogP) is 12.5. The van der Waals surface area contributed by atoms with Gasteiger partial charge in [0.2, 0.25) is 0 Å². The van der Waals surface area contributed by atoms with Gasteiger partial charge in [0.25, 0.3) is 0 Å². The van der Waals surface area contributed by atoms with Crippen molar-refractivity contribution in [2.45, 2.75) is 5.60 Å². The van der Waals surface area contributed by atoms with E-state index in [-0.39, 0.29) is 0 Å². The monoisotopic (exact) mass is 715 g/mol. The second-order valence-corrected chi connectivity index (χ2v) is 14.3. The molecule has 0 saturated carbocycles. The van der Waals surface area contributed by atoms with E-state index in [2.05, 4.69) is 164 Å². The van der Waals surface area contributed by atoms with Crippen LogP contribution in [0.25, 0.3) is 78.7 Å². The average molecular weight is 716 g/mol. The highest BCUT2D eigenvalue weighted by Gasteiger charge is 2.51. The first kappa shape index (κ1) is 32.0. The highest BCUT2D eigenvalue weighted by molar-refractivity contribution is 5.95. The van der Waals surface area contributed by atoms with Crippen molar-refractivity contribution >= 4 is 0 Å². The van der Waals surface area contributed by atoms with Crippen LogP contribution in [-0.4, -0.2) is 15.0 Å². The summed E-state index contributed by atoms with van der Waals surface area (Å²) in [5, 5.41) is 0. The summed E-state index contributed by atoms with van der Waals surface area (Å²) in [6, 6.07) is 69.9. The zero-order valence-corrected chi connectivity index (χ0v) is 30.3. The summed E-state index contributed by atoms with van der Waals surface area (Å²) in [4.78, 5) is 15.1. The second kappa shape index (κ2) is 12.9. The van der Waals surface area contributed by atoms with Gasteiger partial charge in [-0.1, -0.05) is 188 Å². The molecule has 1 aliphatic heterocycles. The summed E-state index contributed by atoms with van der Waals surface area (Å²) < 4.78 is 7.23. The molecule has 262 valence electrons. The van der Waals surface area contributed by atoms with Gasteiger partial charge in [0.05, 0.1) is 0 Å². The Morgan fingerprint density at radius 3 is 1.50 bits per heavy atom. The molecule has 0 amide bonds. The van der Waals surface area contributed by atoms with Crippen molar-refractivity contribution in [2.24, 2.45) is 0 Å². The minimum Gasteiger partial charge on any atom is -0.472 e. The number of para-hydroxylation sites is 1.